The first kappa shape index (κ1) is 13.5. The second-order valence-electron chi connectivity index (χ2n) is 7.37. The number of nitrogens with one attached hydrogen (secondary N) is 1. The maximum atomic E-state index is 12.9. The van der Waals surface area contributed by atoms with Gasteiger partial charge in [0.2, 0.25) is 0 Å². The minimum Gasteiger partial charge on any atom is -0.346 e. The number of carbonyl (C=O) groups is 1. The number of amides is 1. The molecule has 1 aromatic heterocycles. The van der Waals surface area contributed by atoms with E-state index in [1.807, 2.05) is 31.3 Å². The van der Waals surface area contributed by atoms with Crippen LogP contribution in [0.4, 0.5) is 0 Å². The molecule has 0 radical (unpaired) electrons. The third-order valence-corrected chi connectivity index (χ3v) is 6.24. The fraction of sp³-hybridized carbons (Fsp3) is 0.556. The van der Waals surface area contributed by atoms with Gasteiger partial charge in [-0.1, -0.05) is 18.2 Å². The van der Waals surface area contributed by atoms with Crippen molar-refractivity contribution >= 4 is 16.8 Å². The zero-order valence-electron chi connectivity index (χ0n) is 13.5. The summed E-state index contributed by atoms with van der Waals surface area (Å²) in [4.78, 5) is 15.5. The second-order valence-corrected chi connectivity index (χ2v) is 7.37. The highest BCUT2D eigenvalue weighted by Gasteiger charge is 2.60. The molecule has 3 aliphatic heterocycles. The minimum atomic E-state index is -0.00757. The molecule has 4 aliphatic rings. The van der Waals surface area contributed by atoms with Crippen molar-refractivity contribution in [3.63, 3.8) is 0 Å². The van der Waals surface area contributed by atoms with E-state index >= 15 is 0 Å². The summed E-state index contributed by atoms with van der Waals surface area (Å²) in [5, 5.41) is 8.79. The first-order valence-electron chi connectivity index (χ1n) is 8.67. The molecule has 1 N–H and O–H groups in total. The summed E-state index contributed by atoms with van der Waals surface area (Å²) in [6.45, 7) is 2.42. The summed E-state index contributed by atoms with van der Waals surface area (Å²) >= 11 is 0. The van der Waals surface area contributed by atoms with Crippen LogP contribution in [0.3, 0.4) is 0 Å². The highest BCUT2D eigenvalue weighted by atomic mass is 16.2. The van der Waals surface area contributed by atoms with Crippen LogP contribution in [0.1, 0.15) is 36.2 Å². The van der Waals surface area contributed by atoms with Crippen molar-refractivity contribution in [2.75, 3.05) is 13.1 Å². The van der Waals surface area contributed by atoms with Crippen LogP contribution >= 0.6 is 0 Å². The topological polar surface area (TPSA) is 50.2 Å². The zero-order valence-corrected chi connectivity index (χ0v) is 13.5. The molecule has 2 bridgehead atoms. The monoisotopic (exact) mass is 310 g/mol. The molecule has 2 aromatic rings. The summed E-state index contributed by atoms with van der Waals surface area (Å²) in [5.41, 5.74) is 1.84. The van der Waals surface area contributed by atoms with Crippen molar-refractivity contribution in [2.45, 2.75) is 37.3 Å². The van der Waals surface area contributed by atoms with E-state index in [-0.39, 0.29) is 11.4 Å². The van der Waals surface area contributed by atoms with Crippen molar-refractivity contribution in [2.24, 2.45) is 13.0 Å². The predicted octanol–water partition coefficient (Wildman–Crippen LogP) is 1.93. The molecule has 1 atom stereocenters. The van der Waals surface area contributed by atoms with Crippen molar-refractivity contribution in [3.05, 3.63) is 30.0 Å². The molecule has 0 unspecified atom stereocenters. The average Bonchev–Trinajstić information content (AvgIpc) is 3.29. The summed E-state index contributed by atoms with van der Waals surface area (Å²) in [5.74, 6) is 0.633. The Balaban J connectivity index is 1.47. The molecule has 5 heteroatoms. The molecular formula is C18H22N4O. The Morgan fingerprint density at radius 2 is 2.00 bits per heavy atom. The number of para-hydroxylation sites is 1. The largest absolute Gasteiger partial charge is 0.346 e. The molecule has 6 rings (SSSR count). The SMILES string of the molecule is Cn1nc(C(=O)N[C@@H]2C3CCN(CC3)C23CC3)c2ccccc21. The minimum absolute atomic E-state index is 0.00757. The number of hydrogen-bond donors (Lipinski definition) is 1. The van der Waals surface area contributed by atoms with Crippen LogP contribution in [0.2, 0.25) is 0 Å². The molecule has 1 amide bonds. The van der Waals surface area contributed by atoms with Gasteiger partial charge in [0.05, 0.1) is 11.6 Å². The van der Waals surface area contributed by atoms with E-state index in [2.05, 4.69) is 15.3 Å². The Bertz CT molecular complexity index is 783. The lowest BCUT2D eigenvalue weighted by atomic mass is 9.77. The standard InChI is InChI=1S/C18H22N4O/c1-21-14-5-3-2-4-13(14)15(20-21)17(23)19-16-12-6-10-22(11-7-12)18(16)8-9-18/h2-5,12,16H,6-11H2,1H3,(H,19,23)/t16-/m1/s1. The Hall–Kier alpha value is -1.88. The molecule has 1 aliphatic carbocycles. The van der Waals surface area contributed by atoms with E-state index in [9.17, 15) is 4.79 Å². The lowest BCUT2D eigenvalue weighted by Gasteiger charge is -2.52. The van der Waals surface area contributed by atoms with Crippen LogP contribution in [-0.4, -0.2) is 45.3 Å². The number of rotatable bonds is 2. The van der Waals surface area contributed by atoms with Gasteiger partial charge >= 0.3 is 0 Å². The quantitative estimate of drug-likeness (QED) is 0.922. The third-order valence-electron chi connectivity index (χ3n) is 6.24. The summed E-state index contributed by atoms with van der Waals surface area (Å²) < 4.78 is 1.80. The molecule has 5 nitrogen and oxygen atoms in total. The van der Waals surface area contributed by atoms with E-state index in [0.717, 1.165) is 10.9 Å². The van der Waals surface area contributed by atoms with Gasteiger partial charge in [-0.3, -0.25) is 14.4 Å². The second kappa shape index (κ2) is 4.57. The number of carbonyl (C=O) groups excluding carboxylic acids is 1. The van der Waals surface area contributed by atoms with Gasteiger partial charge in [0.1, 0.15) is 0 Å². The third kappa shape index (κ3) is 1.83. The van der Waals surface area contributed by atoms with E-state index in [1.165, 1.54) is 38.8 Å². The Morgan fingerprint density at radius 3 is 2.74 bits per heavy atom. The van der Waals surface area contributed by atoms with Gasteiger partial charge < -0.3 is 5.32 Å². The van der Waals surface area contributed by atoms with Crippen LogP contribution in [0.15, 0.2) is 24.3 Å². The van der Waals surface area contributed by atoms with Crippen molar-refractivity contribution in [3.8, 4) is 0 Å². The van der Waals surface area contributed by atoms with Crippen LogP contribution in [-0.2, 0) is 7.05 Å². The molecule has 23 heavy (non-hydrogen) atoms. The summed E-state index contributed by atoms with van der Waals surface area (Å²) in [6, 6.07) is 8.25. The molecule has 4 heterocycles. The fourth-order valence-corrected chi connectivity index (χ4v) is 4.91. The number of benzene rings is 1. The van der Waals surface area contributed by atoms with Crippen LogP contribution in [0.25, 0.3) is 10.9 Å². The number of fused-ring (bicyclic) bond motifs is 3. The molecule has 1 aromatic carbocycles. The molecule has 3 saturated heterocycles. The van der Waals surface area contributed by atoms with E-state index in [1.54, 1.807) is 4.68 Å². The van der Waals surface area contributed by atoms with E-state index in [4.69, 9.17) is 0 Å². The number of nitrogens with zero attached hydrogens (tertiary/aromatic N) is 3. The number of piperidine rings is 3. The highest BCUT2D eigenvalue weighted by molar-refractivity contribution is 6.05. The number of aryl methyl sites for hydroxylation is 1. The first-order valence-corrected chi connectivity index (χ1v) is 8.67. The summed E-state index contributed by atoms with van der Waals surface area (Å²) in [6.07, 6.45) is 4.90. The van der Waals surface area contributed by atoms with E-state index in [0.29, 0.717) is 17.7 Å². The van der Waals surface area contributed by atoms with Crippen molar-refractivity contribution in [1.82, 2.24) is 20.0 Å². The number of aromatic nitrogens is 2. The van der Waals surface area contributed by atoms with Gasteiger partial charge in [0.25, 0.3) is 5.91 Å². The van der Waals surface area contributed by atoms with Gasteiger partial charge in [0, 0.05) is 18.0 Å². The number of hydrogen-bond acceptors (Lipinski definition) is 3. The van der Waals surface area contributed by atoms with Crippen LogP contribution in [0.5, 0.6) is 0 Å². The first-order chi connectivity index (χ1) is 11.2. The predicted molar refractivity (Wildman–Crippen MR) is 88.2 cm³/mol. The van der Waals surface area contributed by atoms with Gasteiger partial charge in [-0.2, -0.15) is 5.10 Å². The molecule has 120 valence electrons. The zero-order chi connectivity index (χ0) is 15.6. The average molecular weight is 310 g/mol. The maximum absolute atomic E-state index is 12.9. The molecule has 4 fully saturated rings. The lowest BCUT2D eigenvalue weighted by Crippen LogP contribution is -2.65. The normalized spacial score (nSPS) is 30.7. The Morgan fingerprint density at radius 1 is 1.26 bits per heavy atom. The highest BCUT2D eigenvalue weighted by Crippen LogP contribution is 2.53. The summed E-state index contributed by atoms with van der Waals surface area (Å²) in [7, 11) is 1.90. The van der Waals surface area contributed by atoms with Gasteiger partial charge in [-0.05, 0) is 50.8 Å². The Kier molecular flexibility index (Phi) is 2.69. The van der Waals surface area contributed by atoms with Crippen LogP contribution in [0, 0.1) is 5.92 Å². The van der Waals surface area contributed by atoms with Crippen LogP contribution < -0.4 is 5.32 Å². The maximum Gasteiger partial charge on any atom is 0.272 e. The fourth-order valence-electron chi connectivity index (χ4n) is 4.91. The molecule has 1 saturated carbocycles. The smallest absolute Gasteiger partial charge is 0.272 e. The van der Waals surface area contributed by atoms with Gasteiger partial charge in [-0.15, -0.1) is 0 Å². The Labute approximate surface area is 135 Å². The van der Waals surface area contributed by atoms with Gasteiger partial charge in [0.15, 0.2) is 5.69 Å². The molecule has 1 spiro atoms. The lowest BCUT2D eigenvalue weighted by molar-refractivity contribution is -0.00151. The van der Waals surface area contributed by atoms with Gasteiger partial charge in [-0.25, -0.2) is 0 Å². The van der Waals surface area contributed by atoms with E-state index < -0.39 is 0 Å². The van der Waals surface area contributed by atoms with Crippen molar-refractivity contribution < 1.29 is 4.79 Å². The van der Waals surface area contributed by atoms with Crippen molar-refractivity contribution in [1.29, 1.82) is 0 Å². The molecular weight excluding hydrogens is 288 g/mol.